The second-order valence-electron chi connectivity index (χ2n) is 8.91. The van der Waals surface area contributed by atoms with Gasteiger partial charge in [0.15, 0.2) is 5.69 Å². The number of anilines is 1. The Labute approximate surface area is 198 Å². The van der Waals surface area contributed by atoms with Crippen LogP contribution in [0, 0.1) is 20.8 Å². The second-order valence-corrected chi connectivity index (χ2v) is 8.91. The molecule has 1 aliphatic heterocycles. The Morgan fingerprint density at radius 3 is 2.44 bits per heavy atom. The molecule has 0 bridgehead atoms. The quantitative estimate of drug-likeness (QED) is 0.590. The number of esters is 1. The van der Waals surface area contributed by atoms with Crippen molar-refractivity contribution in [2.75, 3.05) is 12.0 Å². The third-order valence-corrected chi connectivity index (χ3v) is 6.41. The van der Waals surface area contributed by atoms with Crippen LogP contribution in [0.4, 0.5) is 5.69 Å². The second kappa shape index (κ2) is 8.78. The Balaban J connectivity index is 1.76. The maximum absolute atomic E-state index is 13.8. The zero-order valence-electron chi connectivity index (χ0n) is 20.0. The molecule has 2 aromatic carbocycles. The summed E-state index contributed by atoms with van der Waals surface area (Å²) >= 11 is 0. The molecule has 0 aliphatic carbocycles. The number of rotatable bonds is 5. The molecule has 1 N–H and O–H groups in total. The minimum absolute atomic E-state index is 0.0663. The molecule has 0 radical (unpaired) electrons. The van der Waals surface area contributed by atoms with Gasteiger partial charge in [-0.25, -0.2) is 9.78 Å². The van der Waals surface area contributed by atoms with E-state index in [4.69, 9.17) is 4.74 Å². The van der Waals surface area contributed by atoms with E-state index in [1.807, 2.05) is 63.2 Å². The number of methoxy groups -OCH3 is 1. The van der Waals surface area contributed by atoms with Gasteiger partial charge >= 0.3 is 5.97 Å². The molecule has 1 atom stereocenters. The van der Waals surface area contributed by atoms with Crippen LogP contribution < -0.4 is 10.2 Å². The number of amides is 2. The van der Waals surface area contributed by atoms with Gasteiger partial charge in [-0.2, -0.15) is 0 Å². The highest BCUT2D eigenvalue weighted by Gasteiger charge is 2.49. The van der Waals surface area contributed by atoms with Crippen LogP contribution in [-0.2, 0) is 22.6 Å². The molecule has 8 nitrogen and oxygen atoms in total. The predicted octanol–water partition coefficient (Wildman–Crippen LogP) is 3.33. The van der Waals surface area contributed by atoms with Gasteiger partial charge in [0.2, 0.25) is 5.91 Å². The summed E-state index contributed by atoms with van der Waals surface area (Å²) in [6.07, 6.45) is 1.41. The first-order chi connectivity index (χ1) is 16.2. The first kappa shape index (κ1) is 23.2. The van der Waals surface area contributed by atoms with Crippen LogP contribution >= 0.6 is 0 Å². The van der Waals surface area contributed by atoms with Crippen molar-refractivity contribution in [3.8, 4) is 0 Å². The number of carbonyl (C=O) groups is 3. The fourth-order valence-electron chi connectivity index (χ4n) is 4.22. The SMILES string of the molecule is COC(=O)c1ncn2c1C(=O)N(c1ccc(C)c(C)c1)[C@](C)(C(=O)NCc1ccc(C)cc1)C2. The van der Waals surface area contributed by atoms with Gasteiger partial charge in [-0.3, -0.25) is 14.5 Å². The summed E-state index contributed by atoms with van der Waals surface area (Å²) in [6.45, 7) is 8.12. The predicted molar refractivity (Wildman–Crippen MR) is 128 cm³/mol. The van der Waals surface area contributed by atoms with Crippen molar-refractivity contribution in [2.45, 2.75) is 46.3 Å². The average molecular weight is 461 g/mol. The standard InChI is InChI=1S/C26H28N4O4/c1-16-6-9-19(10-7-16)13-27-25(33)26(4)14-29-15-28-21(24(32)34-5)22(29)23(31)30(26)20-11-8-17(2)18(3)12-20/h6-12,15H,13-14H2,1-5H3,(H,27,33)/t26-/m0/s1. The Kier molecular flexibility index (Phi) is 6.00. The fourth-order valence-corrected chi connectivity index (χ4v) is 4.22. The van der Waals surface area contributed by atoms with E-state index in [0.29, 0.717) is 12.2 Å². The molecule has 3 aromatic rings. The van der Waals surface area contributed by atoms with Crippen LogP contribution in [0.25, 0.3) is 0 Å². The maximum atomic E-state index is 13.8. The van der Waals surface area contributed by atoms with E-state index < -0.39 is 17.4 Å². The van der Waals surface area contributed by atoms with E-state index in [9.17, 15) is 14.4 Å². The first-order valence-electron chi connectivity index (χ1n) is 11.0. The van der Waals surface area contributed by atoms with E-state index in [1.54, 1.807) is 11.5 Å². The molecule has 0 saturated heterocycles. The topological polar surface area (TPSA) is 93.5 Å². The van der Waals surface area contributed by atoms with Crippen molar-refractivity contribution in [1.29, 1.82) is 0 Å². The Hall–Kier alpha value is -3.94. The van der Waals surface area contributed by atoms with E-state index in [0.717, 1.165) is 22.3 Å². The van der Waals surface area contributed by atoms with Gasteiger partial charge in [-0.1, -0.05) is 35.9 Å². The van der Waals surface area contributed by atoms with Gasteiger partial charge < -0.3 is 14.6 Å². The zero-order chi connectivity index (χ0) is 24.6. The van der Waals surface area contributed by atoms with Gasteiger partial charge in [-0.05, 0) is 56.5 Å². The number of aromatic nitrogens is 2. The van der Waals surface area contributed by atoms with Gasteiger partial charge in [0, 0.05) is 12.2 Å². The molecule has 8 heteroatoms. The van der Waals surface area contributed by atoms with Crippen molar-refractivity contribution in [2.24, 2.45) is 0 Å². The van der Waals surface area contributed by atoms with Crippen LogP contribution in [0.2, 0.25) is 0 Å². The normalized spacial score (nSPS) is 17.3. The lowest BCUT2D eigenvalue weighted by Crippen LogP contribution is -2.64. The van der Waals surface area contributed by atoms with Crippen molar-refractivity contribution in [3.05, 3.63) is 82.4 Å². The highest BCUT2D eigenvalue weighted by Crippen LogP contribution is 2.34. The Morgan fingerprint density at radius 2 is 1.79 bits per heavy atom. The molecule has 4 rings (SSSR count). The van der Waals surface area contributed by atoms with E-state index >= 15 is 0 Å². The third-order valence-electron chi connectivity index (χ3n) is 6.41. The molecule has 0 spiro atoms. The Morgan fingerprint density at radius 1 is 1.09 bits per heavy atom. The molecule has 176 valence electrons. The van der Waals surface area contributed by atoms with Crippen molar-refractivity contribution in [3.63, 3.8) is 0 Å². The van der Waals surface area contributed by atoms with Crippen molar-refractivity contribution >= 4 is 23.5 Å². The lowest BCUT2D eigenvalue weighted by atomic mass is 9.92. The van der Waals surface area contributed by atoms with Crippen LogP contribution in [0.15, 0.2) is 48.8 Å². The monoisotopic (exact) mass is 460 g/mol. The number of ether oxygens (including phenoxy) is 1. The highest BCUT2D eigenvalue weighted by atomic mass is 16.5. The number of carbonyl (C=O) groups excluding carboxylic acids is 3. The molecule has 0 fully saturated rings. The highest BCUT2D eigenvalue weighted by molar-refractivity contribution is 6.15. The summed E-state index contributed by atoms with van der Waals surface area (Å²) in [4.78, 5) is 45.3. The molecule has 2 heterocycles. The number of benzene rings is 2. The van der Waals surface area contributed by atoms with Crippen molar-refractivity contribution < 1.29 is 19.1 Å². The summed E-state index contributed by atoms with van der Waals surface area (Å²) < 4.78 is 6.37. The summed E-state index contributed by atoms with van der Waals surface area (Å²) in [5.41, 5.74) is 3.50. The smallest absolute Gasteiger partial charge is 0.359 e. The average Bonchev–Trinajstić information content (AvgIpc) is 3.24. The molecule has 1 aliphatic rings. The minimum atomic E-state index is -1.26. The van der Waals surface area contributed by atoms with Crippen molar-refractivity contribution in [1.82, 2.24) is 14.9 Å². The minimum Gasteiger partial charge on any atom is -0.464 e. The van der Waals surface area contributed by atoms with Gasteiger partial charge in [0.25, 0.3) is 5.91 Å². The zero-order valence-corrected chi connectivity index (χ0v) is 20.0. The third kappa shape index (κ3) is 3.96. The van der Waals surface area contributed by atoms with Crippen LogP contribution in [0.5, 0.6) is 0 Å². The van der Waals surface area contributed by atoms with Gasteiger partial charge in [0.05, 0.1) is 20.0 Å². The molecule has 0 unspecified atom stereocenters. The van der Waals surface area contributed by atoms with E-state index in [-0.39, 0.29) is 23.8 Å². The van der Waals surface area contributed by atoms with Crippen LogP contribution in [-0.4, -0.2) is 40.0 Å². The van der Waals surface area contributed by atoms with Crippen LogP contribution in [0.3, 0.4) is 0 Å². The number of imidazole rings is 1. The molecule has 1 aromatic heterocycles. The van der Waals surface area contributed by atoms with Crippen LogP contribution in [0.1, 0.15) is 50.2 Å². The number of nitrogens with zero attached hydrogens (tertiary/aromatic N) is 3. The first-order valence-corrected chi connectivity index (χ1v) is 11.0. The summed E-state index contributed by atoms with van der Waals surface area (Å²) in [6, 6.07) is 13.5. The van der Waals surface area contributed by atoms with E-state index in [2.05, 4.69) is 10.3 Å². The summed E-state index contributed by atoms with van der Waals surface area (Å²) in [5.74, 6) is -1.49. The van der Waals surface area contributed by atoms with Gasteiger partial charge in [0.1, 0.15) is 11.2 Å². The van der Waals surface area contributed by atoms with E-state index in [1.165, 1.54) is 18.3 Å². The number of hydrogen-bond acceptors (Lipinski definition) is 5. The largest absolute Gasteiger partial charge is 0.464 e. The van der Waals surface area contributed by atoms with Gasteiger partial charge in [-0.15, -0.1) is 0 Å². The number of fused-ring (bicyclic) bond motifs is 1. The summed E-state index contributed by atoms with van der Waals surface area (Å²) in [5, 5.41) is 2.99. The maximum Gasteiger partial charge on any atom is 0.359 e. The fraction of sp³-hybridized carbons (Fsp3) is 0.308. The Bertz CT molecular complexity index is 1280. The molecule has 34 heavy (non-hydrogen) atoms. The lowest BCUT2D eigenvalue weighted by molar-refractivity contribution is -0.126. The molecular weight excluding hydrogens is 432 g/mol. The molecule has 0 saturated carbocycles. The molecular formula is C26H28N4O4. The number of hydrogen-bond donors (Lipinski definition) is 1. The number of nitrogens with one attached hydrogen (secondary N) is 1. The lowest BCUT2D eigenvalue weighted by Gasteiger charge is -2.43. The summed E-state index contributed by atoms with van der Waals surface area (Å²) in [7, 11) is 1.24. The number of aryl methyl sites for hydroxylation is 3. The molecule has 2 amide bonds.